The molecule has 17 heavy (non-hydrogen) atoms. The van der Waals surface area contributed by atoms with Crippen molar-refractivity contribution in [2.45, 2.75) is 18.9 Å². The van der Waals surface area contributed by atoms with Gasteiger partial charge in [0.25, 0.3) is 0 Å². The van der Waals surface area contributed by atoms with E-state index in [0.717, 1.165) is 9.35 Å². The van der Waals surface area contributed by atoms with Crippen LogP contribution in [0.4, 0.5) is 4.39 Å². The van der Waals surface area contributed by atoms with Crippen LogP contribution in [0.25, 0.3) is 0 Å². The normalized spacial score (nSPS) is 14.6. The molecule has 1 N–H and O–H groups in total. The van der Waals surface area contributed by atoms with Crippen molar-refractivity contribution in [2.75, 3.05) is 0 Å². The number of halogens is 2. The van der Waals surface area contributed by atoms with Crippen LogP contribution in [0, 0.1) is 5.82 Å². The molecule has 90 valence electrons. The summed E-state index contributed by atoms with van der Waals surface area (Å²) in [4.78, 5) is 0.820. The minimum absolute atomic E-state index is 0.263. The molecule has 0 saturated heterocycles. The first-order valence-corrected chi connectivity index (χ1v) is 6.87. The van der Waals surface area contributed by atoms with Crippen LogP contribution in [0.1, 0.15) is 17.4 Å². The summed E-state index contributed by atoms with van der Waals surface area (Å²) < 4.78 is 14.4. The van der Waals surface area contributed by atoms with Gasteiger partial charge in [-0.1, -0.05) is 18.2 Å². The Kier molecular flexibility index (Phi) is 3.66. The summed E-state index contributed by atoms with van der Waals surface area (Å²) in [5.41, 5.74) is -0.535. The van der Waals surface area contributed by atoms with Gasteiger partial charge in [0, 0.05) is 10.9 Å². The molecule has 0 radical (unpaired) electrons. The molecule has 0 bridgehead atoms. The van der Waals surface area contributed by atoms with Crippen LogP contribution in [0.2, 0.25) is 0 Å². The van der Waals surface area contributed by atoms with Crippen molar-refractivity contribution in [3.8, 4) is 0 Å². The van der Waals surface area contributed by atoms with Crippen LogP contribution in [-0.2, 0) is 12.0 Å². The maximum Gasteiger partial charge on any atom is 0.126 e. The number of benzene rings is 1. The van der Waals surface area contributed by atoms with Gasteiger partial charge in [-0.2, -0.15) is 0 Å². The fourth-order valence-corrected chi connectivity index (χ4v) is 3.63. The summed E-state index contributed by atoms with van der Waals surface area (Å²) >= 11 is 4.85. The summed E-state index contributed by atoms with van der Waals surface area (Å²) in [6.45, 7) is 1.70. The van der Waals surface area contributed by atoms with Crippen LogP contribution < -0.4 is 0 Å². The largest absolute Gasteiger partial charge is 0.384 e. The van der Waals surface area contributed by atoms with Crippen molar-refractivity contribution in [1.29, 1.82) is 0 Å². The van der Waals surface area contributed by atoms with E-state index in [-0.39, 0.29) is 12.2 Å². The van der Waals surface area contributed by atoms with E-state index in [0.29, 0.717) is 5.56 Å². The van der Waals surface area contributed by atoms with Crippen LogP contribution in [-0.4, -0.2) is 5.11 Å². The third kappa shape index (κ3) is 2.76. The lowest BCUT2D eigenvalue weighted by Gasteiger charge is -2.23. The fourth-order valence-electron chi connectivity index (χ4n) is 1.77. The Morgan fingerprint density at radius 2 is 2.06 bits per heavy atom. The monoisotopic (exact) mass is 314 g/mol. The van der Waals surface area contributed by atoms with Crippen molar-refractivity contribution in [3.05, 3.63) is 56.4 Å². The first kappa shape index (κ1) is 12.7. The van der Waals surface area contributed by atoms with E-state index in [9.17, 15) is 9.50 Å². The van der Waals surface area contributed by atoms with Gasteiger partial charge in [0.1, 0.15) is 11.4 Å². The average molecular weight is 315 g/mol. The molecule has 0 aliphatic heterocycles. The smallest absolute Gasteiger partial charge is 0.126 e. The molecule has 0 aliphatic carbocycles. The zero-order chi connectivity index (χ0) is 12.5. The van der Waals surface area contributed by atoms with Gasteiger partial charge in [-0.25, -0.2) is 4.39 Å². The van der Waals surface area contributed by atoms with E-state index in [1.807, 2.05) is 11.4 Å². The van der Waals surface area contributed by atoms with Crippen LogP contribution >= 0.6 is 27.3 Å². The Bertz CT molecular complexity index is 522. The summed E-state index contributed by atoms with van der Waals surface area (Å²) in [6.07, 6.45) is 0.263. The molecule has 0 aliphatic rings. The molecule has 0 saturated carbocycles. The topological polar surface area (TPSA) is 20.2 Å². The van der Waals surface area contributed by atoms with Gasteiger partial charge in [0.05, 0.1) is 4.88 Å². The maximum absolute atomic E-state index is 13.5. The number of thiophene rings is 1. The summed E-state index contributed by atoms with van der Waals surface area (Å²) in [5, 5.41) is 12.3. The van der Waals surface area contributed by atoms with E-state index in [1.165, 1.54) is 17.4 Å². The second-order valence-electron chi connectivity index (χ2n) is 4.14. The number of rotatable bonds is 3. The van der Waals surface area contributed by atoms with Crippen LogP contribution in [0.15, 0.2) is 40.2 Å². The summed E-state index contributed by atoms with van der Waals surface area (Å²) in [6, 6.07) is 8.42. The van der Waals surface area contributed by atoms with E-state index < -0.39 is 5.60 Å². The van der Waals surface area contributed by atoms with Gasteiger partial charge in [0.2, 0.25) is 0 Å². The van der Waals surface area contributed by atoms with E-state index in [2.05, 4.69) is 15.9 Å². The molecule has 1 unspecified atom stereocenters. The molecular weight excluding hydrogens is 303 g/mol. The molecule has 1 atom stereocenters. The minimum atomic E-state index is -1.06. The lowest BCUT2D eigenvalue weighted by atomic mass is 9.95. The molecular formula is C13H12BrFOS. The Balaban J connectivity index is 2.30. The average Bonchev–Trinajstić information content (AvgIpc) is 2.68. The zero-order valence-electron chi connectivity index (χ0n) is 9.28. The Labute approximate surface area is 112 Å². The van der Waals surface area contributed by atoms with Gasteiger partial charge in [-0.15, -0.1) is 11.3 Å². The van der Waals surface area contributed by atoms with E-state index in [1.54, 1.807) is 25.1 Å². The van der Waals surface area contributed by atoms with Gasteiger partial charge in [0.15, 0.2) is 0 Å². The molecule has 0 spiro atoms. The van der Waals surface area contributed by atoms with Crippen molar-refractivity contribution >= 4 is 27.3 Å². The molecule has 2 aromatic rings. The SMILES string of the molecule is CC(O)(Cc1ccccc1F)c1sccc1Br. The first-order chi connectivity index (χ1) is 8.00. The summed E-state index contributed by atoms with van der Waals surface area (Å²) in [5.74, 6) is -0.277. The zero-order valence-corrected chi connectivity index (χ0v) is 11.7. The highest BCUT2D eigenvalue weighted by Crippen LogP contribution is 2.35. The van der Waals surface area contributed by atoms with Gasteiger partial charge < -0.3 is 5.11 Å². The highest BCUT2D eigenvalue weighted by atomic mass is 79.9. The Hall–Kier alpha value is -0.710. The second kappa shape index (κ2) is 4.88. The number of hydrogen-bond acceptors (Lipinski definition) is 2. The lowest BCUT2D eigenvalue weighted by molar-refractivity contribution is 0.0599. The molecule has 1 aromatic carbocycles. The predicted octanol–water partition coefficient (Wildman–Crippen LogP) is 4.10. The standard InChI is InChI=1S/C13H12BrFOS/c1-13(16,12-10(14)6-7-17-12)8-9-4-2-3-5-11(9)15/h2-7,16H,8H2,1H3. The van der Waals surface area contributed by atoms with Crippen molar-refractivity contribution < 1.29 is 9.50 Å². The van der Waals surface area contributed by atoms with Gasteiger partial charge in [-0.3, -0.25) is 0 Å². The number of hydrogen-bond donors (Lipinski definition) is 1. The highest BCUT2D eigenvalue weighted by Gasteiger charge is 2.28. The van der Waals surface area contributed by atoms with E-state index >= 15 is 0 Å². The van der Waals surface area contributed by atoms with Gasteiger partial charge >= 0.3 is 0 Å². The lowest BCUT2D eigenvalue weighted by Crippen LogP contribution is -2.24. The second-order valence-corrected chi connectivity index (χ2v) is 5.91. The molecule has 1 heterocycles. The van der Waals surface area contributed by atoms with Crippen molar-refractivity contribution in [1.82, 2.24) is 0 Å². The third-order valence-electron chi connectivity index (χ3n) is 2.60. The van der Waals surface area contributed by atoms with Crippen molar-refractivity contribution in [3.63, 3.8) is 0 Å². The molecule has 1 nitrogen and oxygen atoms in total. The van der Waals surface area contributed by atoms with Crippen molar-refractivity contribution in [2.24, 2.45) is 0 Å². The minimum Gasteiger partial charge on any atom is -0.384 e. The van der Waals surface area contributed by atoms with E-state index in [4.69, 9.17) is 0 Å². The number of aliphatic hydroxyl groups is 1. The first-order valence-electron chi connectivity index (χ1n) is 5.20. The quantitative estimate of drug-likeness (QED) is 0.904. The Morgan fingerprint density at radius 3 is 2.65 bits per heavy atom. The highest BCUT2D eigenvalue weighted by molar-refractivity contribution is 9.10. The predicted molar refractivity (Wildman–Crippen MR) is 71.7 cm³/mol. The Morgan fingerprint density at radius 1 is 1.35 bits per heavy atom. The van der Waals surface area contributed by atoms with Gasteiger partial charge in [-0.05, 0) is 45.9 Å². The summed E-state index contributed by atoms with van der Waals surface area (Å²) in [7, 11) is 0. The molecule has 4 heteroatoms. The molecule has 0 amide bonds. The fraction of sp³-hybridized carbons (Fsp3) is 0.231. The maximum atomic E-state index is 13.5. The van der Waals surface area contributed by atoms with Crippen LogP contribution in [0.3, 0.4) is 0 Å². The molecule has 1 aromatic heterocycles. The van der Waals surface area contributed by atoms with Crippen LogP contribution in [0.5, 0.6) is 0 Å². The molecule has 2 rings (SSSR count). The molecule has 0 fully saturated rings. The third-order valence-corrected chi connectivity index (χ3v) is 4.69.